The zero-order valence-electron chi connectivity index (χ0n) is 23.8. The Morgan fingerprint density at radius 2 is 1.45 bits per heavy atom. The molecule has 0 fully saturated rings. The molecule has 0 aliphatic rings. The molecule has 5 heteroatoms. The van der Waals surface area contributed by atoms with Crippen LogP contribution >= 0.6 is 11.3 Å². The van der Waals surface area contributed by atoms with Crippen molar-refractivity contribution in [3.05, 3.63) is 140 Å². The van der Waals surface area contributed by atoms with Gasteiger partial charge >= 0.3 is 99.8 Å². The summed E-state index contributed by atoms with van der Waals surface area (Å²) in [5.41, 5.74) is 6.64. The second kappa shape index (κ2) is 13.3. The van der Waals surface area contributed by atoms with E-state index in [9.17, 15) is 0 Å². The van der Waals surface area contributed by atoms with E-state index in [1.165, 1.54) is 35.7 Å². The molecule has 1 radical (unpaired) electrons. The van der Waals surface area contributed by atoms with E-state index in [0.717, 1.165) is 22.5 Å². The predicted molar refractivity (Wildman–Crippen MR) is 178 cm³/mol. The van der Waals surface area contributed by atoms with Crippen LogP contribution in [0.25, 0.3) is 53.8 Å². The molecule has 0 bridgehead atoms. The Bertz CT molecular complexity index is 1900. The van der Waals surface area contributed by atoms with Gasteiger partial charge in [-0.25, -0.2) is 0 Å². The van der Waals surface area contributed by atoms with Crippen LogP contribution in [0.3, 0.4) is 0 Å². The fourth-order valence-electron chi connectivity index (χ4n) is 4.80. The van der Waals surface area contributed by atoms with Gasteiger partial charge in [0.1, 0.15) is 0 Å². The first-order chi connectivity index (χ1) is 20.0. The molecule has 0 unspecified atom stereocenters. The molecule has 0 saturated heterocycles. The van der Waals surface area contributed by atoms with Gasteiger partial charge in [0.2, 0.25) is 0 Å². The van der Waals surface area contributed by atoms with Crippen molar-refractivity contribution >= 4 is 49.2 Å². The van der Waals surface area contributed by atoms with Crippen LogP contribution < -0.4 is 4.40 Å². The van der Waals surface area contributed by atoms with E-state index in [1.54, 1.807) is 0 Å². The predicted octanol–water partition coefficient (Wildman–Crippen LogP) is 9.68. The quantitative estimate of drug-likeness (QED) is 0.131. The number of benzene rings is 4. The van der Waals surface area contributed by atoms with E-state index < -0.39 is 13.3 Å². The third kappa shape index (κ3) is 6.63. The zero-order chi connectivity index (χ0) is 28.2. The van der Waals surface area contributed by atoms with E-state index >= 15 is 0 Å². The van der Waals surface area contributed by atoms with Crippen LogP contribution in [0.1, 0.15) is 0 Å². The van der Waals surface area contributed by atoms with Gasteiger partial charge in [0, 0.05) is 31.0 Å². The van der Waals surface area contributed by atoms with Crippen LogP contribution in [0, 0.1) is 12.1 Å². The third-order valence-electron chi connectivity index (χ3n) is 7.08. The average molecular weight is 800 g/mol. The van der Waals surface area contributed by atoms with E-state index in [1.807, 2.05) is 72.3 Å². The summed E-state index contributed by atoms with van der Waals surface area (Å²) in [6.45, 7) is 0. The van der Waals surface area contributed by atoms with E-state index in [-0.39, 0.29) is 20.1 Å². The first-order valence-corrected chi connectivity index (χ1v) is 21.9. The van der Waals surface area contributed by atoms with Crippen molar-refractivity contribution in [1.29, 1.82) is 0 Å². The van der Waals surface area contributed by atoms with Crippen molar-refractivity contribution in [3.63, 3.8) is 0 Å². The normalized spacial score (nSPS) is 11.0. The standard InChI is InChI=1S/C23H14NS.C14H16GeN.Ir/c1-2-7-16(8-3-1)17-12-13-18-19-9-6-10-20(21-11-4-5-14-24-21)23(19)25-22(18)15-17;1-15(2,3)13-9-10-14(16-11-13)12-7-5-4-6-8-12;/h1-9,11-15H;4-7,9-11H,1-3H3;/q2*-1;. The molecular formula is C37H30GeIrN2S-2. The monoisotopic (exact) mass is 801 g/mol. The first-order valence-electron chi connectivity index (χ1n) is 13.7. The van der Waals surface area contributed by atoms with Crippen molar-refractivity contribution < 1.29 is 20.1 Å². The Labute approximate surface area is 268 Å². The number of pyridine rings is 2. The van der Waals surface area contributed by atoms with Gasteiger partial charge in [-0.15, -0.1) is 23.8 Å². The Morgan fingerprint density at radius 3 is 2.14 bits per heavy atom. The SMILES string of the molecule is [CH3][Ge]([CH3])([CH3])[c]1ccc(-c2[c-]cccc2)nc1.[Ir].[c-]1ccc2c(sc3cc(-c4ccccc4)ccc32)c1-c1ccccn1. The van der Waals surface area contributed by atoms with Gasteiger partial charge in [-0.1, -0.05) is 60.0 Å². The number of hydrogen-bond donors (Lipinski definition) is 0. The smallest absolute Gasteiger partial charge is 0.0245 e. The molecule has 4 aromatic carbocycles. The van der Waals surface area contributed by atoms with Gasteiger partial charge in [-0.3, -0.25) is 0 Å². The van der Waals surface area contributed by atoms with Gasteiger partial charge in [-0.2, -0.15) is 11.3 Å². The molecular weight excluding hydrogens is 769 g/mol. The molecule has 0 spiro atoms. The molecule has 3 aromatic heterocycles. The summed E-state index contributed by atoms with van der Waals surface area (Å²) in [6, 6.07) is 46.3. The molecule has 0 saturated carbocycles. The van der Waals surface area contributed by atoms with Crippen molar-refractivity contribution in [2.75, 3.05) is 0 Å². The number of aromatic nitrogens is 2. The van der Waals surface area contributed by atoms with Crippen LogP contribution in [0.2, 0.25) is 17.3 Å². The number of nitrogens with zero attached hydrogens (tertiary/aromatic N) is 2. The second-order valence-corrected chi connectivity index (χ2v) is 22.7. The number of fused-ring (bicyclic) bond motifs is 3. The van der Waals surface area contributed by atoms with E-state index in [2.05, 4.69) is 106 Å². The van der Waals surface area contributed by atoms with Crippen molar-refractivity contribution in [2.45, 2.75) is 17.3 Å². The third-order valence-corrected chi connectivity index (χ3v) is 12.5. The Morgan fingerprint density at radius 1 is 0.643 bits per heavy atom. The number of thiophene rings is 1. The molecule has 3 heterocycles. The van der Waals surface area contributed by atoms with E-state index in [4.69, 9.17) is 0 Å². The molecule has 0 N–H and O–H groups in total. The molecule has 0 aliphatic heterocycles. The summed E-state index contributed by atoms with van der Waals surface area (Å²) in [5, 5.41) is 2.57. The van der Waals surface area contributed by atoms with Gasteiger partial charge in [0.05, 0.1) is 0 Å². The molecule has 42 heavy (non-hydrogen) atoms. The van der Waals surface area contributed by atoms with Crippen LogP contribution in [0.5, 0.6) is 0 Å². The Hall–Kier alpha value is -3.41. The van der Waals surface area contributed by atoms with Crippen LogP contribution in [0.15, 0.2) is 128 Å². The molecule has 2 nitrogen and oxygen atoms in total. The Kier molecular flexibility index (Phi) is 9.50. The van der Waals surface area contributed by atoms with Crippen molar-refractivity contribution in [2.24, 2.45) is 0 Å². The summed E-state index contributed by atoms with van der Waals surface area (Å²) in [6.07, 6.45) is 3.87. The maximum absolute atomic E-state index is 4.53. The van der Waals surface area contributed by atoms with Crippen molar-refractivity contribution in [1.82, 2.24) is 9.97 Å². The number of rotatable bonds is 4. The summed E-state index contributed by atoms with van der Waals surface area (Å²) < 4.78 is 3.99. The zero-order valence-corrected chi connectivity index (χ0v) is 29.1. The largest absolute Gasteiger partial charge is 0.305 e. The molecule has 0 amide bonds. The fraction of sp³-hybridized carbons (Fsp3) is 0.0811. The average Bonchev–Trinajstić information content (AvgIpc) is 3.40. The molecule has 7 aromatic rings. The number of hydrogen-bond acceptors (Lipinski definition) is 3. The minimum atomic E-state index is -1.72. The van der Waals surface area contributed by atoms with Gasteiger partial charge in [0.15, 0.2) is 0 Å². The summed E-state index contributed by atoms with van der Waals surface area (Å²) in [7, 11) is 0. The minimum Gasteiger partial charge on any atom is -0.305 e. The topological polar surface area (TPSA) is 25.8 Å². The van der Waals surface area contributed by atoms with Crippen LogP contribution in [-0.2, 0) is 20.1 Å². The molecule has 0 aliphatic carbocycles. The van der Waals surface area contributed by atoms with Gasteiger partial charge in [0.25, 0.3) is 0 Å². The van der Waals surface area contributed by atoms with Crippen LogP contribution in [-0.4, -0.2) is 23.2 Å². The fourth-order valence-corrected chi connectivity index (χ4v) is 8.22. The summed E-state index contributed by atoms with van der Waals surface area (Å²) >= 11 is 0.105. The van der Waals surface area contributed by atoms with Crippen molar-refractivity contribution in [3.8, 4) is 33.6 Å². The summed E-state index contributed by atoms with van der Waals surface area (Å²) in [4.78, 5) is 9.04. The maximum atomic E-state index is 4.53. The maximum Gasteiger partial charge on any atom is 0.0245 e. The molecule has 7 rings (SSSR count). The molecule has 0 atom stereocenters. The second-order valence-electron chi connectivity index (χ2n) is 10.9. The minimum absolute atomic E-state index is 0. The van der Waals surface area contributed by atoms with Gasteiger partial charge < -0.3 is 4.98 Å². The summed E-state index contributed by atoms with van der Waals surface area (Å²) in [5.74, 6) is 7.14. The van der Waals surface area contributed by atoms with Crippen LogP contribution in [0.4, 0.5) is 0 Å². The van der Waals surface area contributed by atoms with E-state index in [0.29, 0.717) is 0 Å². The first kappa shape index (κ1) is 30.1. The molecule has 209 valence electrons. The van der Waals surface area contributed by atoms with Gasteiger partial charge in [-0.05, 0) is 39.0 Å². The Balaban J connectivity index is 0.000000181.